The Kier molecular flexibility index (Phi) is 6.31. The lowest BCUT2D eigenvalue weighted by molar-refractivity contribution is -0.135. The van der Waals surface area contributed by atoms with Crippen LogP contribution in [0.2, 0.25) is 10.0 Å². The monoisotopic (exact) mass is 421 g/mol. The van der Waals surface area contributed by atoms with Gasteiger partial charge in [-0.25, -0.2) is 0 Å². The van der Waals surface area contributed by atoms with Gasteiger partial charge in [-0.05, 0) is 76.4 Å². The Morgan fingerprint density at radius 1 is 1.18 bits per heavy atom. The van der Waals surface area contributed by atoms with E-state index in [1.54, 1.807) is 13.2 Å². The lowest BCUT2D eigenvalue weighted by atomic mass is 9.62. The lowest BCUT2D eigenvalue weighted by Gasteiger charge is -2.55. The Morgan fingerprint density at radius 2 is 1.89 bits per heavy atom. The van der Waals surface area contributed by atoms with Crippen LogP contribution in [0.25, 0.3) is 0 Å². The third kappa shape index (κ3) is 3.78. The van der Waals surface area contributed by atoms with Gasteiger partial charge in [0.1, 0.15) is 11.4 Å². The molecule has 0 spiro atoms. The number of nitrogens with zero attached hydrogens (tertiary/aromatic N) is 1. The van der Waals surface area contributed by atoms with Crippen molar-refractivity contribution in [2.24, 2.45) is 5.92 Å². The van der Waals surface area contributed by atoms with Crippen molar-refractivity contribution in [1.29, 1.82) is 0 Å². The van der Waals surface area contributed by atoms with E-state index in [0.717, 1.165) is 30.6 Å². The number of ether oxygens (including phenoxy) is 1. The van der Waals surface area contributed by atoms with Crippen LogP contribution in [-0.4, -0.2) is 36.8 Å². The molecule has 3 nitrogen and oxygen atoms in total. The smallest absolute Gasteiger partial charge is 0.119 e. The first-order chi connectivity index (χ1) is 13.2. The molecule has 0 bridgehead atoms. The molecule has 2 aromatic rings. The van der Waals surface area contributed by atoms with Crippen molar-refractivity contribution in [1.82, 2.24) is 4.90 Å². The SMILES string of the molecule is COc1cccc(CC2CCC(O)(c3cccc(Cl)c3Cl)C(C)(N(C)C)C2)c1. The second kappa shape index (κ2) is 8.23. The van der Waals surface area contributed by atoms with Crippen molar-refractivity contribution in [3.05, 3.63) is 63.6 Å². The van der Waals surface area contributed by atoms with Crippen LogP contribution >= 0.6 is 23.2 Å². The number of methoxy groups -OCH3 is 1. The molecule has 0 radical (unpaired) electrons. The van der Waals surface area contributed by atoms with Crippen molar-refractivity contribution in [2.45, 2.75) is 43.7 Å². The zero-order chi connectivity index (χ0) is 20.5. The fraction of sp³-hybridized carbons (Fsp3) is 0.478. The number of rotatable bonds is 5. The van der Waals surface area contributed by atoms with Gasteiger partial charge in [-0.15, -0.1) is 0 Å². The molecule has 3 atom stereocenters. The fourth-order valence-corrected chi connectivity index (χ4v) is 5.08. The van der Waals surface area contributed by atoms with Gasteiger partial charge < -0.3 is 14.7 Å². The summed E-state index contributed by atoms with van der Waals surface area (Å²) in [6.45, 7) is 2.13. The van der Waals surface area contributed by atoms with Crippen LogP contribution in [0, 0.1) is 5.92 Å². The summed E-state index contributed by atoms with van der Waals surface area (Å²) in [6.07, 6.45) is 3.37. The minimum absolute atomic E-state index is 0.450. The van der Waals surface area contributed by atoms with E-state index in [4.69, 9.17) is 27.9 Å². The van der Waals surface area contributed by atoms with Gasteiger partial charge in [-0.3, -0.25) is 0 Å². The van der Waals surface area contributed by atoms with Gasteiger partial charge in [0, 0.05) is 5.56 Å². The van der Waals surface area contributed by atoms with E-state index in [0.29, 0.717) is 22.4 Å². The second-order valence-corrected chi connectivity index (χ2v) is 9.08. The van der Waals surface area contributed by atoms with Crippen molar-refractivity contribution < 1.29 is 9.84 Å². The quantitative estimate of drug-likeness (QED) is 0.686. The van der Waals surface area contributed by atoms with Gasteiger partial charge in [0.2, 0.25) is 0 Å². The van der Waals surface area contributed by atoms with E-state index in [-0.39, 0.29) is 0 Å². The Bertz CT molecular complexity index is 841. The summed E-state index contributed by atoms with van der Waals surface area (Å²) in [5.41, 5.74) is 0.446. The molecule has 1 aliphatic rings. The number of likely N-dealkylation sites (N-methyl/N-ethyl adjacent to an activating group) is 1. The predicted octanol–water partition coefficient (Wildman–Crippen LogP) is 5.55. The molecule has 1 N–H and O–H groups in total. The Hall–Kier alpha value is -1.26. The van der Waals surface area contributed by atoms with Gasteiger partial charge in [0.25, 0.3) is 0 Å². The van der Waals surface area contributed by atoms with E-state index in [1.165, 1.54) is 5.56 Å². The number of hydrogen-bond donors (Lipinski definition) is 1. The maximum Gasteiger partial charge on any atom is 0.119 e. The largest absolute Gasteiger partial charge is 0.497 e. The molecule has 0 heterocycles. The zero-order valence-corrected chi connectivity index (χ0v) is 18.5. The Balaban J connectivity index is 1.91. The van der Waals surface area contributed by atoms with E-state index in [1.807, 2.05) is 38.4 Å². The van der Waals surface area contributed by atoms with Crippen molar-refractivity contribution in [2.75, 3.05) is 21.2 Å². The number of benzene rings is 2. The average molecular weight is 422 g/mol. The molecule has 0 aliphatic heterocycles. The molecule has 0 saturated heterocycles. The number of halogens is 2. The predicted molar refractivity (Wildman–Crippen MR) is 116 cm³/mol. The Labute approximate surface area is 178 Å². The van der Waals surface area contributed by atoms with Gasteiger partial charge in [0.15, 0.2) is 0 Å². The molecule has 28 heavy (non-hydrogen) atoms. The van der Waals surface area contributed by atoms with Gasteiger partial charge in [-0.2, -0.15) is 0 Å². The average Bonchev–Trinajstić information content (AvgIpc) is 2.67. The molecule has 3 unspecified atom stereocenters. The van der Waals surface area contributed by atoms with E-state index < -0.39 is 11.1 Å². The fourth-order valence-electron chi connectivity index (χ4n) is 4.62. The zero-order valence-electron chi connectivity index (χ0n) is 17.0. The van der Waals surface area contributed by atoms with Crippen LogP contribution < -0.4 is 4.74 Å². The minimum atomic E-state index is -1.07. The first-order valence-electron chi connectivity index (χ1n) is 9.68. The maximum atomic E-state index is 11.9. The standard InChI is InChI=1S/C23H29Cl2NO2/c1-22(26(2)3)15-17(13-16-7-5-8-18(14-16)28-4)11-12-23(22,27)19-9-6-10-20(24)21(19)25/h5-10,14,17,27H,11-13,15H2,1-4H3. The van der Waals surface area contributed by atoms with Crippen LogP contribution in [-0.2, 0) is 12.0 Å². The van der Waals surface area contributed by atoms with E-state index in [2.05, 4.69) is 24.0 Å². The third-order valence-electron chi connectivity index (χ3n) is 6.53. The summed E-state index contributed by atoms with van der Waals surface area (Å²) >= 11 is 12.8. The van der Waals surface area contributed by atoms with E-state index >= 15 is 0 Å². The molecule has 2 aromatic carbocycles. The van der Waals surface area contributed by atoms with Crippen molar-refractivity contribution in [3.8, 4) is 5.75 Å². The lowest BCUT2D eigenvalue weighted by Crippen LogP contribution is -2.61. The minimum Gasteiger partial charge on any atom is -0.497 e. The summed E-state index contributed by atoms with van der Waals surface area (Å²) < 4.78 is 5.36. The summed E-state index contributed by atoms with van der Waals surface area (Å²) in [4.78, 5) is 2.13. The molecule has 0 amide bonds. The first kappa shape index (κ1) is 21.4. The summed E-state index contributed by atoms with van der Waals surface area (Å²) in [7, 11) is 5.74. The number of aliphatic hydroxyl groups is 1. The summed E-state index contributed by atoms with van der Waals surface area (Å²) in [5, 5.41) is 12.8. The molecular weight excluding hydrogens is 393 g/mol. The van der Waals surface area contributed by atoms with Crippen LogP contribution in [0.5, 0.6) is 5.75 Å². The van der Waals surface area contributed by atoms with E-state index in [9.17, 15) is 5.11 Å². The topological polar surface area (TPSA) is 32.7 Å². The highest BCUT2D eigenvalue weighted by Crippen LogP contribution is 2.51. The van der Waals surface area contributed by atoms with Gasteiger partial charge >= 0.3 is 0 Å². The van der Waals surface area contributed by atoms with Crippen LogP contribution in [0.15, 0.2) is 42.5 Å². The van der Waals surface area contributed by atoms with Crippen molar-refractivity contribution >= 4 is 23.2 Å². The molecule has 1 saturated carbocycles. The summed E-state index contributed by atoms with van der Waals surface area (Å²) in [5.74, 6) is 1.34. The highest BCUT2D eigenvalue weighted by molar-refractivity contribution is 6.42. The molecule has 152 valence electrons. The second-order valence-electron chi connectivity index (χ2n) is 8.29. The van der Waals surface area contributed by atoms with Crippen LogP contribution in [0.4, 0.5) is 0 Å². The molecule has 3 rings (SSSR count). The van der Waals surface area contributed by atoms with Gasteiger partial charge in [-0.1, -0.05) is 47.5 Å². The van der Waals surface area contributed by atoms with Crippen LogP contribution in [0.3, 0.4) is 0 Å². The highest BCUT2D eigenvalue weighted by atomic mass is 35.5. The Morgan fingerprint density at radius 3 is 2.57 bits per heavy atom. The molecule has 1 aliphatic carbocycles. The molecule has 1 fully saturated rings. The highest BCUT2D eigenvalue weighted by Gasteiger charge is 2.54. The molecular formula is C23H29Cl2NO2. The maximum absolute atomic E-state index is 11.9. The summed E-state index contributed by atoms with van der Waals surface area (Å²) in [6, 6.07) is 13.8. The third-order valence-corrected chi connectivity index (χ3v) is 7.35. The normalized spacial score (nSPS) is 27.8. The van der Waals surface area contributed by atoms with Crippen molar-refractivity contribution in [3.63, 3.8) is 0 Å². The molecule has 0 aromatic heterocycles. The van der Waals surface area contributed by atoms with Gasteiger partial charge in [0.05, 0.1) is 22.7 Å². The van der Waals surface area contributed by atoms with Crippen LogP contribution in [0.1, 0.15) is 37.3 Å². The number of hydrogen-bond acceptors (Lipinski definition) is 3. The first-order valence-corrected chi connectivity index (χ1v) is 10.4. The molecule has 5 heteroatoms.